The fourth-order valence-corrected chi connectivity index (χ4v) is 4.59. The van der Waals surface area contributed by atoms with Crippen LogP contribution < -0.4 is 21.3 Å². The number of pyridine rings is 1. The van der Waals surface area contributed by atoms with Crippen LogP contribution in [0.1, 0.15) is 30.4 Å². The minimum absolute atomic E-state index is 0.0201. The molecule has 1 amide bonds. The summed E-state index contributed by atoms with van der Waals surface area (Å²) in [6.07, 6.45) is 4.69. The highest BCUT2D eigenvalue weighted by molar-refractivity contribution is 5.79. The highest BCUT2D eigenvalue weighted by Crippen LogP contribution is 2.28. The number of anilines is 4. The van der Waals surface area contributed by atoms with Crippen molar-refractivity contribution < 1.29 is 14.8 Å². The van der Waals surface area contributed by atoms with E-state index in [1.54, 1.807) is 24.4 Å². The van der Waals surface area contributed by atoms with Crippen LogP contribution in [0.5, 0.6) is 0 Å². The third-order valence-electron chi connectivity index (χ3n) is 6.61. The van der Waals surface area contributed by atoms with E-state index in [0.717, 1.165) is 49.3 Å². The molecule has 0 spiro atoms. The highest BCUT2D eigenvalue weighted by atomic mass is 16.6. The maximum atomic E-state index is 11.6. The lowest BCUT2D eigenvalue weighted by Gasteiger charge is -2.33. The Morgan fingerprint density at radius 2 is 1.92 bits per heavy atom. The van der Waals surface area contributed by atoms with Gasteiger partial charge in [-0.15, -0.1) is 0 Å². The molecule has 2 heterocycles. The van der Waals surface area contributed by atoms with E-state index < -0.39 is 10.8 Å². The number of piperidine rings is 1. The molecular formula is C27H32N6O4. The van der Waals surface area contributed by atoms with E-state index in [1.165, 1.54) is 12.1 Å². The van der Waals surface area contributed by atoms with Crippen LogP contribution in [0.4, 0.5) is 28.6 Å². The minimum atomic E-state index is -0.475. The summed E-state index contributed by atoms with van der Waals surface area (Å²) in [5, 5.41) is 26.8. The van der Waals surface area contributed by atoms with E-state index in [2.05, 4.69) is 32.7 Å². The van der Waals surface area contributed by atoms with Crippen molar-refractivity contribution in [2.24, 2.45) is 11.7 Å². The zero-order chi connectivity index (χ0) is 26.2. The van der Waals surface area contributed by atoms with Crippen LogP contribution in [-0.4, -0.2) is 40.6 Å². The molecule has 0 atom stereocenters. The van der Waals surface area contributed by atoms with Gasteiger partial charge in [0.1, 0.15) is 5.82 Å². The van der Waals surface area contributed by atoms with Crippen molar-refractivity contribution >= 4 is 34.5 Å². The smallest absolute Gasteiger partial charge is 0.269 e. The van der Waals surface area contributed by atoms with Gasteiger partial charge >= 0.3 is 0 Å². The first-order valence-electron chi connectivity index (χ1n) is 12.4. The maximum Gasteiger partial charge on any atom is 0.269 e. The predicted molar refractivity (Wildman–Crippen MR) is 144 cm³/mol. The second kappa shape index (κ2) is 12.2. The summed E-state index contributed by atoms with van der Waals surface area (Å²) in [5.74, 6) is 0.717. The molecule has 0 unspecified atom stereocenters. The third-order valence-corrected chi connectivity index (χ3v) is 6.61. The van der Waals surface area contributed by atoms with E-state index in [9.17, 15) is 14.9 Å². The second-order valence-corrected chi connectivity index (χ2v) is 9.26. The van der Waals surface area contributed by atoms with E-state index in [-0.39, 0.29) is 18.7 Å². The summed E-state index contributed by atoms with van der Waals surface area (Å²) in [7, 11) is 0. The van der Waals surface area contributed by atoms with Crippen molar-refractivity contribution in [3.8, 4) is 0 Å². The third kappa shape index (κ3) is 7.17. The zero-order valence-corrected chi connectivity index (χ0v) is 20.6. The molecule has 2 aromatic carbocycles. The summed E-state index contributed by atoms with van der Waals surface area (Å²) in [6, 6.07) is 16.4. The number of carbonyl (C=O) groups is 1. The number of hydrogen-bond acceptors (Lipinski definition) is 8. The van der Waals surface area contributed by atoms with Crippen molar-refractivity contribution in [3.05, 3.63) is 82.0 Å². The van der Waals surface area contributed by atoms with Crippen molar-refractivity contribution in [2.75, 3.05) is 35.2 Å². The Morgan fingerprint density at radius 3 is 2.59 bits per heavy atom. The van der Waals surface area contributed by atoms with E-state index in [0.29, 0.717) is 29.5 Å². The molecule has 10 nitrogen and oxygen atoms in total. The predicted octanol–water partition coefficient (Wildman–Crippen LogP) is 3.97. The van der Waals surface area contributed by atoms with Crippen LogP contribution in [0.25, 0.3) is 0 Å². The van der Waals surface area contributed by atoms with Crippen molar-refractivity contribution in [1.82, 2.24) is 4.98 Å². The number of nitro groups is 1. The highest BCUT2D eigenvalue weighted by Gasteiger charge is 2.19. The molecule has 1 aromatic heterocycles. The summed E-state index contributed by atoms with van der Waals surface area (Å²) in [4.78, 5) is 29.0. The zero-order valence-electron chi connectivity index (χ0n) is 20.6. The number of aliphatic hydroxyl groups excluding tert-OH is 1. The summed E-state index contributed by atoms with van der Waals surface area (Å²) < 4.78 is 0. The Bertz CT molecular complexity index is 1230. The lowest BCUT2D eigenvalue weighted by molar-refractivity contribution is -0.384. The van der Waals surface area contributed by atoms with Gasteiger partial charge in [0, 0.05) is 73.3 Å². The number of nitrogens with two attached hydrogens (primary N) is 1. The van der Waals surface area contributed by atoms with E-state index in [4.69, 9.17) is 10.8 Å². The Balaban J connectivity index is 1.43. The molecule has 5 N–H and O–H groups in total. The van der Waals surface area contributed by atoms with Crippen LogP contribution in [0.3, 0.4) is 0 Å². The number of nitrogens with one attached hydrogen (secondary N) is 2. The van der Waals surface area contributed by atoms with Gasteiger partial charge in [-0.05, 0) is 55.0 Å². The molecule has 1 aliphatic heterocycles. The second-order valence-electron chi connectivity index (χ2n) is 9.26. The molecule has 0 bridgehead atoms. The number of aliphatic hydroxyl groups is 1. The van der Waals surface area contributed by atoms with Crippen LogP contribution in [0.2, 0.25) is 0 Å². The number of primary amides is 1. The Hall–Kier alpha value is -4.18. The standard InChI is InChI=1S/C27H32N6O4/c28-26(35)15-21-18-30-27(16-25(21)29-17-20-2-1-3-24(14-20)33(36)37)31-22-4-6-23(7-5-22)32-11-8-19(9-12-32)10-13-34/h1-7,14,16,18-19,34H,8-13,15,17H2,(H2,28,35)(H2,29,30,31). The molecule has 10 heteroatoms. The van der Waals surface area contributed by atoms with Crippen LogP contribution >= 0.6 is 0 Å². The van der Waals surface area contributed by atoms with Crippen molar-refractivity contribution in [2.45, 2.75) is 32.2 Å². The lowest BCUT2D eigenvalue weighted by atomic mass is 9.93. The van der Waals surface area contributed by atoms with Crippen LogP contribution in [0.15, 0.2) is 60.8 Å². The lowest BCUT2D eigenvalue weighted by Crippen LogP contribution is -2.33. The van der Waals surface area contributed by atoms with Gasteiger partial charge in [0.25, 0.3) is 5.69 Å². The van der Waals surface area contributed by atoms with Gasteiger partial charge in [-0.3, -0.25) is 14.9 Å². The fraction of sp³-hybridized carbons (Fsp3) is 0.333. The van der Waals surface area contributed by atoms with E-state index in [1.807, 2.05) is 12.1 Å². The fourth-order valence-electron chi connectivity index (χ4n) is 4.59. The molecule has 1 aliphatic rings. The van der Waals surface area contributed by atoms with Gasteiger partial charge in [0.2, 0.25) is 5.91 Å². The normalized spacial score (nSPS) is 13.8. The van der Waals surface area contributed by atoms with Gasteiger partial charge < -0.3 is 26.4 Å². The number of aromatic nitrogens is 1. The first-order valence-corrected chi connectivity index (χ1v) is 12.4. The number of benzene rings is 2. The minimum Gasteiger partial charge on any atom is -0.396 e. The monoisotopic (exact) mass is 504 g/mol. The van der Waals surface area contributed by atoms with Crippen molar-refractivity contribution in [1.29, 1.82) is 0 Å². The topological polar surface area (TPSA) is 147 Å². The molecule has 4 rings (SSSR count). The first kappa shape index (κ1) is 25.9. The molecule has 0 aliphatic carbocycles. The Labute approximate surface area is 215 Å². The summed E-state index contributed by atoms with van der Waals surface area (Å²) >= 11 is 0. The average molecular weight is 505 g/mol. The van der Waals surface area contributed by atoms with Gasteiger partial charge in [-0.2, -0.15) is 0 Å². The number of nitro benzene ring substituents is 1. The molecule has 37 heavy (non-hydrogen) atoms. The molecule has 0 saturated carbocycles. The number of nitrogens with zero attached hydrogens (tertiary/aromatic N) is 3. The van der Waals surface area contributed by atoms with Crippen LogP contribution in [0, 0.1) is 16.0 Å². The molecule has 0 radical (unpaired) electrons. The van der Waals surface area contributed by atoms with Gasteiger partial charge in [0.05, 0.1) is 11.3 Å². The Morgan fingerprint density at radius 1 is 1.16 bits per heavy atom. The SMILES string of the molecule is NC(=O)Cc1cnc(Nc2ccc(N3CCC(CCO)CC3)cc2)cc1NCc1cccc([N+](=O)[O-])c1. The number of carbonyl (C=O) groups excluding carboxylic acids is 1. The number of hydrogen-bond donors (Lipinski definition) is 4. The van der Waals surface area contributed by atoms with E-state index >= 15 is 0 Å². The van der Waals surface area contributed by atoms with Gasteiger partial charge in [-0.1, -0.05) is 12.1 Å². The van der Waals surface area contributed by atoms with Crippen molar-refractivity contribution in [3.63, 3.8) is 0 Å². The first-order chi connectivity index (χ1) is 17.9. The van der Waals surface area contributed by atoms with Gasteiger partial charge in [-0.25, -0.2) is 4.98 Å². The maximum absolute atomic E-state index is 11.6. The molecule has 1 saturated heterocycles. The molecule has 3 aromatic rings. The average Bonchev–Trinajstić information content (AvgIpc) is 2.90. The van der Waals surface area contributed by atoms with Gasteiger partial charge in [0.15, 0.2) is 0 Å². The molecule has 1 fully saturated rings. The largest absolute Gasteiger partial charge is 0.396 e. The number of rotatable bonds is 11. The summed E-state index contributed by atoms with van der Waals surface area (Å²) in [6.45, 7) is 2.56. The molecule has 194 valence electrons. The summed E-state index contributed by atoms with van der Waals surface area (Å²) in [5.41, 5.74) is 9.52. The van der Waals surface area contributed by atoms with Crippen LogP contribution in [-0.2, 0) is 17.8 Å². The number of amides is 1. The molecular weight excluding hydrogens is 472 g/mol. The quantitative estimate of drug-likeness (QED) is 0.227. The number of non-ortho nitro benzene ring substituents is 1. The Kier molecular flexibility index (Phi) is 8.52.